The molecule has 1 saturated heterocycles. The Hall–Kier alpha value is -0.410. The fraction of sp³-hybridized carbons (Fsp3) is 0.500. The summed E-state index contributed by atoms with van der Waals surface area (Å²) in [5, 5.41) is 0.859. The van der Waals surface area contributed by atoms with Crippen molar-refractivity contribution >= 4 is 15.9 Å². The van der Waals surface area contributed by atoms with E-state index in [0.717, 1.165) is 23.7 Å². The molecule has 0 aromatic heterocycles. The fourth-order valence-corrected chi connectivity index (χ4v) is 2.35. The third-order valence-electron chi connectivity index (χ3n) is 2.85. The van der Waals surface area contributed by atoms with Crippen LogP contribution in [0.4, 0.5) is 4.39 Å². The Kier molecular flexibility index (Phi) is 3.42. The lowest BCUT2D eigenvalue weighted by molar-refractivity contribution is 0.0586. The van der Waals surface area contributed by atoms with Gasteiger partial charge in [0.2, 0.25) is 0 Å². The first-order valence-corrected chi connectivity index (χ1v) is 6.30. The summed E-state index contributed by atoms with van der Waals surface area (Å²) in [6.45, 7) is 1.77. The van der Waals surface area contributed by atoms with E-state index in [1.54, 1.807) is 13.0 Å². The van der Waals surface area contributed by atoms with Gasteiger partial charge in [-0.25, -0.2) is 4.39 Å². The van der Waals surface area contributed by atoms with E-state index in [4.69, 9.17) is 4.74 Å². The number of aryl methyl sites for hydroxylation is 1. The van der Waals surface area contributed by atoms with Gasteiger partial charge in [-0.1, -0.05) is 28.1 Å². The minimum Gasteiger partial charge on any atom is -0.369 e. The van der Waals surface area contributed by atoms with Crippen LogP contribution in [0.25, 0.3) is 0 Å². The van der Waals surface area contributed by atoms with Crippen molar-refractivity contribution in [3.8, 4) is 0 Å². The number of ether oxygens (including phenoxy) is 1. The van der Waals surface area contributed by atoms with E-state index in [2.05, 4.69) is 15.9 Å². The molecule has 0 amide bonds. The molecule has 2 atom stereocenters. The highest BCUT2D eigenvalue weighted by Gasteiger charge is 2.25. The molecule has 0 saturated carbocycles. The van der Waals surface area contributed by atoms with Crippen LogP contribution < -0.4 is 0 Å². The Bertz CT molecular complexity index is 353. The van der Waals surface area contributed by atoms with Crippen LogP contribution >= 0.6 is 15.9 Å². The topological polar surface area (TPSA) is 9.23 Å². The maximum Gasteiger partial charge on any atom is 0.126 e. The molecule has 0 bridgehead atoms. The number of halogens is 2. The summed E-state index contributed by atoms with van der Waals surface area (Å²) >= 11 is 3.40. The second-order valence-corrected chi connectivity index (χ2v) is 4.63. The van der Waals surface area contributed by atoms with E-state index in [0.29, 0.717) is 5.56 Å². The van der Waals surface area contributed by atoms with Crippen molar-refractivity contribution in [1.29, 1.82) is 0 Å². The Labute approximate surface area is 97.8 Å². The van der Waals surface area contributed by atoms with Crippen molar-refractivity contribution in [2.75, 3.05) is 5.33 Å². The smallest absolute Gasteiger partial charge is 0.126 e. The zero-order valence-electron chi connectivity index (χ0n) is 8.67. The molecule has 1 nitrogen and oxygen atoms in total. The van der Waals surface area contributed by atoms with E-state index in [9.17, 15) is 4.39 Å². The monoisotopic (exact) mass is 272 g/mol. The zero-order valence-corrected chi connectivity index (χ0v) is 10.3. The van der Waals surface area contributed by atoms with Crippen LogP contribution in [-0.2, 0) is 4.74 Å². The number of rotatable bonds is 2. The van der Waals surface area contributed by atoms with Crippen molar-refractivity contribution in [1.82, 2.24) is 0 Å². The third kappa shape index (κ3) is 2.40. The zero-order chi connectivity index (χ0) is 10.8. The first kappa shape index (κ1) is 11.1. The van der Waals surface area contributed by atoms with Crippen LogP contribution in [0.1, 0.15) is 30.1 Å². The molecular formula is C12H14BrFO. The molecule has 0 spiro atoms. The summed E-state index contributed by atoms with van der Waals surface area (Å²) in [6.07, 6.45) is 2.38. The quantitative estimate of drug-likeness (QED) is 0.746. The van der Waals surface area contributed by atoms with Gasteiger partial charge in [0.1, 0.15) is 5.82 Å². The largest absolute Gasteiger partial charge is 0.369 e. The summed E-state index contributed by atoms with van der Waals surface area (Å²) in [6, 6.07) is 5.37. The van der Waals surface area contributed by atoms with Gasteiger partial charge in [-0.15, -0.1) is 0 Å². The van der Waals surface area contributed by atoms with Gasteiger partial charge in [-0.2, -0.15) is 0 Å². The van der Waals surface area contributed by atoms with Crippen LogP contribution in [0.3, 0.4) is 0 Å². The Morgan fingerprint density at radius 1 is 1.47 bits per heavy atom. The predicted octanol–water partition coefficient (Wildman–Crippen LogP) is 3.75. The molecule has 82 valence electrons. The van der Waals surface area contributed by atoms with Gasteiger partial charge < -0.3 is 4.74 Å². The Balaban J connectivity index is 2.13. The Morgan fingerprint density at radius 2 is 2.27 bits per heavy atom. The molecule has 1 heterocycles. The van der Waals surface area contributed by atoms with Crippen molar-refractivity contribution in [3.63, 3.8) is 0 Å². The highest BCUT2D eigenvalue weighted by molar-refractivity contribution is 9.09. The van der Waals surface area contributed by atoms with Gasteiger partial charge in [0, 0.05) is 5.33 Å². The molecular weight excluding hydrogens is 259 g/mol. The number of benzene rings is 1. The normalized spacial score (nSPS) is 25.8. The van der Waals surface area contributed by atoms with Crippen molar-refractivity contribution in [2.24, 2.45) is 0 Å². The molecule has 1 aliphatic heterocycles. The first-order valence-electron chi connectivity index (χ1n) is 5.18. The number of hydrogen-bond acceptors (Lipinski definition) is 1. The van der Waals surface area contributed by atoms with Crippen molar-refractivity contribution < 1.29 is 9.13 Å². The van der Waals surface area contributed by atoms with E-state index in [1.807, 2.05) is 12.1 Å². The average Bonchev–Trinajstić information content (AvgIpc) is 2.70. The predicted molar refractivity (Wildman–Crippen MR) is 61.8 cm³/mol. The fourth-order valence-electron chi connectivity index (χ4n) is 1.87. The van der Waals surface area contributed by atoms with E-state index in [-0.39, 0.29) is 18.0 Å². The summed E-state index contributed by atoms with van der Waals surface area (Å²) in [5.74, 6) is -0.140. The van der Waals surface area contributed by atoms with Gasteiger partial charge in [0.25, 0.3) is 0 Å². The molecule has 0 unspecified atom stereocenters. The molecule has 2 rings (SSSR count). The van der Waals surface area contributed by atoms with Gasteiger partial charge in [0.05, 0.1) is 12.2 Å². The molecule has 1 aromatic carbocycles. The molecule has 1 fully saturated rings. The maximum absolute atomic E-state index is 13.3. The molecule has 1 aromatic rings. The van der Waals surface area contributed by atoms with E-state index >= 15 is 0 Å². The minimum atomic E-state index is -0.140. The summed E-state index contributed by atoms with van der Waals surface area (Å²) in [5.41, 5.74) is 1.65. The van der Waals surface area contributed by atoms with E-state index in [1.165, 1.54) is 0 Å². The Morgan fingerprint density at radius 3 is 2.87 bits per heavy atom. The van der Waals surface area contributed by atoms with Crippen LogP contribution in [0.15, 0.2) is 18.2 Å². The van der Waals surface area contributed by atoms with Crippen LogP contribution in [0, 0.1) is 12.7 Å². The van der Waals surface area contributed by atoms with Crippen LogP contribution in [-0.4, -0.2) is 11.4 Å². The van der Waals surface area contributed by atoms with Gasteiger partial charge in [0.15, 0.2) is 0 Å². The van der Waals surface area contributed by atoms with Gasteiger partial charge in [-0.05, 0) is 37.0 Å². The number of alkyl halides is 1. The molecule has 0 aliphatic carbocycles. The van der Waals surface area contributed by atoms with E-state index < -0.39 is 0 Å². The minimum absolute atomic E-state index is 0.0719. The highest BCUT2D eigenvalue weighted by atomic mass is 79.9. The molecule has 0 radical (unpaired) electrons. The second kappa shape index (κ2) is 4.62. The molecule has 1 aliphatic rings. The van der Waals surface area contributed by atoms with Gasteiger partial charge in [-0.3, -0.25) is 0 Å². The second-order valence-electron chi connectivity index (χ2n) is 3.99. The van der Waals surface area contributed by atoms with Crippen LogP contribution in [0.5, 0.6) is 0 Å². The van der Waals surface area contributed by atoms with Gasteiger partial charge >= 0.3 is 0 Å². The maximum atomic E-state index is 13.3. The average molecular weight is 273 g/mol. The SMILES string of the molecule is Cc1ccc([C@H]2CC[C@H](CBr)O2)cc1F. The summed E-state index contributed by atoms with van der Waals surface area (Å²) in [4.78, 5) is 0. The molecule has 15 heavy (non-hydrogen) atoms. The molecule has 0 N–H and O–H groups in total. The van der Waals surface area contributed by atoms with Crippen LogP contribution in [0.2, 0.25) is 0 Å². The number of hydrogen-bond donors (Lipinski definition) is 0. The molecule has 3 heteroatoms. The lowest BCUT2D eigenvalue weighted by Gasteiger charge is -2.12. The summed E-state index contributed by atoms with van der Waals surface area (Å²) < 4.78 is 19.1. The van der Waals surface area contributed by atoms with Crippen molar-refractivity contribution in [3.05, 3.63) is 35.1 Å². The first-order chi connectivity index (χ1) is 7.20. The third-order valence-corrected chi connectivity index (χ3v) is 3.57. The summed E-state index contributed by atoms with van der Waals surface area (Å²) in [7, 11) is 0. The van der Waals surface area contributed by atoms with Crippen molar-refractivity contribution in [2.45, 2.75) is 32.0 Å². The highest BCUT2D eigenvalue weighted by Crippen LogP contribution is 2.33. The lowest BCUT2D eigenvalue weighted by atomic mass is 10.0. The standard InChI is InChI=1S/C12H14BrFO/c1-8-2-3-9(6-11(8)14)12-5-4-10(7-13)15-12/h2-3,6,10,12H,4-5,7H2,1H3/t10-,12-/m1/s1. The lowest BCUT2D eigenvalue weighted by Crippen LogP contribution is -2.07.